The molecule has 1 heterocycles. The molecule has 2 aromatic carbocycles. The summed E-state index contributed by atoms with van der Waals surface area (Å²) in [4.78, 5) is 24.4. The number of aldehydes is 1. The van der Waals surface area contributed by atoms with E-state index in [1.807, 2.05) is 42.5 Å². The number of methoxy groups -OCH3 is 1. The second-order valence-electron chi connectivity index (χ2n) is 5.26. The lowest BCUT2D eigenvalue weighted by atomic mass is 10.1. The standard InChI is InChI=1S/C19H16N2O3S/c1-21-18(25-16-11-7-6-10-14(16)19(23)24-2)15(12-22)17(20-21)13-8-4-3-5-9-13/h3-12H,1-2H3. The molecule has 0 aliphatic rings. The number of ether oxygens (including phenoxy) is 1. The fraction of sp³-hybridized carbons (Fsp3) is 0.105. The van der Waals surface area contributed by atoms with Crippen LogP contribution in [-0.2, 0) is 11.8 Å². The Bertz CT molecular complexity index is 920. The first-order valence-corrected chi connectivity index (χ1v) is 8.40. The van der Waals surface area contributed by atoms with Crippen molar-refractivity contribution in [3.8, 4) is 11.3 Å². The van der Waals surface area contributed by atoms with Crippen molar-refractivity contribution in [3.05, 3.63) is 65.7 Å². The third-order valence-electron chi connectivity index (χ3n) is 3.69. The number of aryl methyl sites for hydroxylation is 1. The summed E-state index contributed by atoms with van der Waals surface area (Å²) in [6.07, 6.45) is 0.804. The van der Waals surface area contributed by atoms with Crippen LogP contribution >= 0.6 is 11.8 Å². The van der Waals surface area contributed by atoms with Crippen LogP contribution in [0, 0.1) is 0 Å². The lowest BCUT2D eigenvalue weighted by molar-refractivity contribution is 0.0596. The molecule has 6 heteroatoms. The van der Waals surface area contributed by atoms with Gasteiger partial charge in [0.05, 0.1) is 18.2 Å². The summed E-state index contributed by atoms with van der Waals surface area (Å²) in [5, 5.41) is 5.16. The van der Waals surface area contributed by atoms with Crippen molar-refractivity contribution >= 4 is 24.0 Å². The van der Waals surface area contributed by atoms with Crippen LogP contribution in [0.15, 0.2) is 64.5 Å². The highest BCUT2D eigenvalue weighted by Crippen LogP contribution is 2.36. The Morgan fingerprint density at radius 3 is 2.48 bits per heavy atom. The first kappa shape index (κ1) is 17.0. The van der Waals surface area contributed by atoms with Crippen LogP contribution in [0.2, 0.25) is 0 Å². The Morgan fingerprint density at radius 2 is 1.80 bits per heavy atom. The van der Waals surface area contributed by atoms with E-state index in [0.29, 0.717) is 26.7 Å². The van der Waals surface area contributed by atoms with Gasteiger partial charge in [0.25, 0.3) is 0 Å². The van der Waals surface area contributed by atoms with Crippen LogP contribution in [0.1, 0.15) is 20.7 Å². The van der Waals surface area contributed by atoms with Gasteiger partial charge in [-0.15, -0.1) is 0 Å². The number of esters is 1. The summed E-state index contributed by atoms with van der Waals surface area (Å²) in [5.74, 6) is -0.416. The molecule has 0 bridgehead atoms. The highest BCUT2D eigenvalue weighted by Gasteiger charge is 2.20. The Morgan fingerprint density at radius 1 is 1.12 bits per heavy atom. The molecule has 0 fully saturated rings. The molecule has 0 amide bonds. The van der Waals surface area contributed by atoms with Crippen molar-refractivity contribution in [1.82, 2.24) is 9.78 Å². The topological polar surface area (TPSA) is 61.2 Å². The van der Waals surface area contributed by atoms with Crippen LogP contribution in [0.25, 0.3) is 11.3 Å². The predicted molar refractivity (Wildman–Crippen MR) is 95.9 cm³/mol. The Balaban J connectivity index is 2.07. The van der Waals surface area contributed by atoms with Gasteiger partial charge in [-0.3, -0.25) is 9.48 Å². The van der Waals surface area contributed by atoms with E-state index < -0.39 is 5.97 Å². The summed E-state index contributed by atoms with van der Waals surface area (Å²) in [5.41, 5.74) is 2.44. The molecule has 0 saturated carbocycles. The second kappa shape index (κ2) is 7.36. The van der Waals surface area contributed by atoms with E-state index in [2.05, 4.69) is 5.10 Å². The van der Waals surface area contributed by atoms with Gasteiger partial charge in [0.2, 0.25) is 0 Å². The number of carbonyl (C=O) groups is 2. The molecular weight excluding hydrogens is 336 g/mol. The molecule has 0 radical (unpaired) electrons. The minimum absolute atomic E-state index is 0.416. The Kier molecular flexibility index (Phi) is 5.00. The fourth-order valence-electron chi connectivity index (χ4n) is 2.50. The molecule has 0 unspecified atom stereocenters. The zero-order valence-electron chi connectivity index (χ0n) is 13.8. The maximum atomic E-state index is 12.0. The van der Waals surface area contributed by atoms with Crippen molar-refractivity contribution < 1.29 is 14.3 Å². The average molecular weight is 352 g/mol. The number of rotatable bonds is 5. The molecule has 0 saturated heterocycles. The third-order valence-corrected chi connectivity index (χ3v) is 4.95. The van der Waals surface area contributed by atoms with Gasteiger partial charge in [0.1, 0.15) is 10.7 Å². The number of hydrogen-bond acceptors (Lipinski definition) is 5. The monoisotopic (exact) mass is 352 g/mol. The Labute approximate surface area is 149 Å². The minimum atomic E-state index is -0.416. The lowest BCUT2D eigenvalue weighted by Gasteiger charge is -2.08. The van der Waals surface area contributed by atoms with Gasteiger partial charge in [-0.2, -0.15) is 5.10 Å². The maximum absolute atomic E-state index is 12.0. The lowest BCUT2D eigenvalue weighted by Crippen LogP contribution is -2.03. The molecule has 25 heavy (non-hydrogen) atoms. The molecule has 5 nitrogen and oxygen atoms in total. The van der Waals surface area contributed by atoms with E-state index in [1.165, 1.54) is 18.9 Å². The first-order chi connectivity index (χ1) is 12.2. The summed E-state index contributed by atoms with van der Waals surface area (Å²) in [6, 6.07) is 16.7. The van der Waals surface area contributed by atoms with E-state index in [4.69, 9.17) is 4.74 Å². The summed E-state index contributed by atoms with van der Waals surface area (Å²) >= 11 is 1.32. The van der Waals surface area contributed by atoms with Gasteiger partial charge in [-0.25, -0.2) is 4.79 Å². The molecule has 0 atom stereocenters. The van der Waals surface area contributed by atoms with Crippen molar-refractivity contribution in [2.24, 2.45) is 7.05 Å². The van der Waals surface area contributed by atoms with Crippen molar-refractivity contribution in [2.45, 2.75) is 9.92 Å². The molecule has 0 spiro atoms. The van der Waals surface area contributed by atoms with E-state index in [1.54, 1.807) is 23.9 Å². The van der Waals surface area contributed by atoms with Crippen LogP contribution in [0.3, 0.4) is 0 Å². The van der Waals surface area contributed by atoms with Gasteiger partial charge >= 0.3 is 5.97 Å². The summed E-state index contributed by atoms with van der Waals surface area (Å²) in [6.45, 7) is 0. The smallest absolute Gasteiger partial charge is 0.339 e. The van der Waals surface area contributed by atoms with Crippen molar-refractivity contribution in [1.29, 1.82) is 0 Å². The summed E-state index contributed by atoms with van der Waals surface area (Å²) < 4.78 is 6.49. The molecule has 1 aromatic heterocycles. The van der Waals surface area contributed by atoms with Gasteiger partial charge in [0.15, 0.2) is 6.29 Å². The average Bonchev–Trinajstić information content (AvgIpc) is 2.98. The summed E-state index contributed by atoms with van der Waals surface area (Å²) in [7, 11) is 3.13. The van der Waals surface area contributed by atoms with Crippen molar-refractivity contribution in [3.63, 3.8) is 0 Å². The highest BCUT2D eigenvalue weighted by molar-refractivity contribution is 7.99. The van der Waals surface area contributed by atoms with Crippen molar-refractivity contribution in [2.75, 3.05) is 7.11 Å². The second-order valence-corrected chi connectivity index (χ2v) is 6.30. The zero-order valence-corrected chi connectivity index (χ0v) is 14.6. The van der Waals surface area contributed by atoms with E-state index >= 15 is 0 Å². The van der Waals surface area contributed by atoms with E-state index in [9.17, 15) is 9.59 Å². The van der Waals surface area contributed by atoms with Gasteiger partial charge in [-0.1, -0.05) is 54.2 Å². The first-order valence-electron chi connectivity index (χ1n) is 7.58. The molecule has 3 aromatic rings. The molecule has 0 N–H and O–H groups in total. The van der Waals surface area contributed by atoms with E-state index in [-0.39, 0.29) is 0 Å². The van der Waals surface area contributed by atoms with E-state index in [0.717, 1.165) is 11.8 Å². The Hall–Kier alpha value is -2.86. The van der Waals surface area contributed by atoms with Gasteiger partial charge in [0, 0.05) is 17.5 Å². The molecule has 0 aliphatic carbocycles. The van der Waals surface area contributed by atoms with Crippen LogP contribution in [0.4, 0.5) is 0 Å². The fourth-order valence-corrected chi connectivity index (χ4v) is 3.54. The van der Waals surface area contributed by atoms with Gasteiger partial charge < -0.3 is 4.74 Å². The third kappa shape index (κ3) is 3.34. The SMILES string of the molecule is COC(=O)c1ccccc1Sc1c(C=O)c(-c2ccccc2)nn1C. The number of hydrogen-bond donors (Lipinski definition) is 0. The predicted octanol–water partition coefficient (Wildman–Crippen LogP) is 3.84. The number of benzene rings is 2. The molecule has 3 rings (SSSR count). The maximum Gasteiger partial charge on any atom is 0.339 e. The molecule has 126 valence electrons. The zero-order chi connectivity index (χ0) is 17.8. The van der Waals surface area contributed by atoms with Crippen LogP contribution in [0.5, 0.6) is 0 Å². The number of aromatic nitrogens is 2. The number of carbonyl (C=O) groups excluding carboxylic acids is 2. The van der Waals surface area contributed by atoms with Crippen LogP contribution < -0.4 is 0 Å². The largest absolute Gasteiger partial charge is 0.465 e. The quantitative estimate of drug-likeness (QED) is 0.516. The van der Waals surface area contributed by atoms with Crippen LogP contribution in [-0.4, -0.2) is 29.1 Å². The van der Waals surface area contributed by atoms with Gasteiger partial charge in [-0.05, 0) is 12.1 Å². The normalized spacial score (nSPS) is 10.5. The molecular formula is C19H16N2O3S. The molecule has 0 aliphatic heterocycles. The highest BCUT2D eigenvalue weighted by atomic mass is 32.2. The minimum Gasteiger partial charge on any atom is -0.465 e. The number of nitrogens with zero attached hydrogens (tertiary/aromatic N) is 2.